The van der Waals surface area contributed by atoms with Crippen LogP contribution in [0.5, 0.6) is 0 Å². The van der Waals surface area contributed by atoms with E-state index in [0.717, 1.165) is 25.3 Å². The van der Waals surface area contributed by atoms with Gasteiger partial charge >= 0.3 is 0 Å². The lowest BCUT2D eigenvalue weighted by atomic mass is 10.1. The fraction of sp³-hybridized carbons (Fsp3) is 0.353. The van der Waals surface area contributed by atoms with Crippen LogP contribution in [0.15, 0.2) is 42.6 Å². The summed E-state index contributed by atoms with van der Waals surface area (Å²) in [5.74, 6) is 1.06. The molecule has 0 saturated carbocycles. The van der Waals surface area contributed by atoms with Gasteiger partial charge in [-0.25, -0.2) is 4.98 Å². The van der Waals surface area contributed by atoms with Crippen LogP contribution in [0.3, 0.4) is 0 Å². The van der Waals surface area contributed by atoms with Gasteiger partial charge in [-0.3, -0.25) is 0 Å². The summed E-state index contributed by atoms with van der Waals surface area (Å²) in [6, 6.07) is 13.0. The van der Waals surface area contributed by atoms with E-state index in [4.69, 9.17) is 0 Å². The highest BCUT2D eigenvalue weighted by molar-refractivity contribution is 5.40. The van der Waals surface area contributed by atoms with E-state index in [1.807, 2.05) is 6.20 Å². The SMILES string of the molecule is CCCN(Cc1ccc(C)cc1)c1ccc(C)cn1. The van der Waals surface area contributed by atoms with E-state index < -0.39 is 0 Å². The number of rotatable bonds is 5. The summed E-state index contributed by atoms with van der Waals surface area (Å²) in [6.07, 6.45) is 3.06. The summed E-state index contributed by atoms with van der Waals surface area (Å²) in [7, 11) is 0. The second-order valence-electron chi connectivity index (χ2n) is 5.10. The number of aryl methyl sites for hydroxylation is 2. The molecule has 0 aliphatic rings. The van der Waals surface area contributed by atoms with Crippen LogP contribution >= 0.6 is 0 Å². The molecule has 2 nitrogen and oxygen atoms in total. The monoisotopic (exact) mass is 254 g/mol. The van der Waals surface area contributed by atoms with Crippen LogP contribution in [-0.2, 0) is 6.54 Å². The summed E-state index contributed by atoms with van der Waals surface area (Å²) in [4.78, 5) is 6.87. The Hall–Kier alpha value is -1.83. The minimum absolute atomic E-state index is 0.921. The second kappa shape index (κ2) is 6.37. The number of benzene rings is 1. The normalized spacial score (nSPS) is 10.5. The van der Waals surface area contributed by atoms with Gasteiger partial charge in [-0.05, 0) is 37.5 Å². The summed E-state index contributed by atoms with van der Waals surface area (Å²) >= 11 is 0. The summed E-state index contributed by atoms with van der Waals surface area (Å²) < 4.78 is 0. The van der Waals surface area contributed by atoms with Crippen molar-refractivity contribution in [3.8, 4) is 0 Å². The number of aromatic nitrogens is 1. The fourth-order valence-electron chi connectivity index (χ4n) is 2.11. The molecule has 0 radical (unpaired) electrons. The molecule has 1 aromatic heterocycles. The molecule has 100 valence electrons. The molecule has 0 fully saturated rings. The number of hydrogen-bond donors (Lipinski definition) is 0. The Labute approximate surface area is 116 Å². The van der Waals surface area contributed by atoms with E-state index in [1.54, 1.807) is 0 Å². The first-order valence-electron chi connectivity index (χ1n) is 6.92. The van der Waals surface area contributed by atoms with Gasteiger partial charge in [0.05, 0.1) is 0 Å². The van der Waals surface area contributed by atoms with Gasteiger partial charge in [-0.15, -0.1) is 0 Å². The quantitative estimate of drug-likeness (QED) is 0.798. The maximum absolute atomic E-state index is 4.54. The van der Waals surface area contributed by atoms with Crippen molar-refractivity contribution < 1.29 is 0 Å². The highest BCUT2D eigenvalue weighted by atomic mass is 15.2. The molecule has 0 aliphatic carbocycles. The van der Waals surface area contributed by atoms with Crippen LogP contribution < -0.4 is 4.90 Å². The first-order chi connectivity index (χ1) is 9.19. The smallest absolute Gasteiger partial charge is 0.128 e. The lowest BCUT2D eigenvalue weighted by Crippen LogP contribution is -2.24. The molecule has 0 N–H and O–H groups in total. The highest BCUT2D eigenvalue weighted by Crippen LogP contribution is 2.16. The summed E-state index contributed by atoms with van der Waals surface area (Å²) in [5, 5.41) is 0. The van der Waals surface area contributed by atoms with Gasteiger partial charge in [0.2, 0.25) is 0 Å². The van der Waals surface area contributed by atoms with Gasteiger partial charge in [-0.1, -0.05) is 42.8 Å². The van der Waals surface area contributed by atoms with Crippen LogP contribution in [0.1, 0.15) is 30.0 Å². The molecule has 19 heavy (non-hydrogen) atoms. The van der Waals surface area contributed by atoms with E-state index in [0.29, 0.717) is 0 Å². The van der Waals surface area contributed by atoms with Crippen molar-refractivity contribution in [1.29, 1.82) is 0 Å². The number of anilines is 1. The van der Waals surface area contributed by atoms with Crippen molar-refractivity contribution in [3.63, 3.8) is 0 Å². The minimum atomic E-state index is 0.921. The first kappa shape index (κ1) is 13.6. The maximum Gasteiger partial charge on any atom is 0.128 e. The first-order valence-corrected chi connectivity index (χ1v) is 6.92. The van der Waals surface area contributed by atoms with Crippen LogP contribution in [0.2, 0.25) is 0 Å². The summed E-state index contributed by atoms with van der Waals surface area (Å²) in [6.45, 7) is 8.35. The Morgan fingerprint density at radius 1 is 0.947 bits per heavy atom. The van der Waals surface area contributed by atoms with Crippen molar-refractivity contribution in [2.24, 2.45) is 0 Å². The standard InChI is InChI=1S/C17H22N2/c1-4-11-19(17-10-7-15(3)12-18-17)13-16-8-5-14(2)6-9-16/h5-10,12H,4,11,13H2,1-3H3. The zero-order chi connectivity index (χ0) is 13.7. The van der Waals surface area contributed by atoms with E-state index in [2.05, 4.69) is 67.1 Å². The minimum Gasteiger partial charge on any atom is -0.352 e. The van der Waals surface area contributed by atoms with Crippen molar-refractivity contribution in [1.82, 2.24) is 4.98 Å². The molecule has 1 heterocycles. The van der Waals surface area contributed by atoms with Crippen molar-refractivity contribution >= 4 is 5.82 Å². The van der Waals surface area contributed by atoms with E-state index >= 15 is 0 Å². The zero-order valence-corrected chi connectivity index (χ0v) is 12.1. The molecule has 0 aliphatic heterocycles. The molecular formula is C17H22N2. The summed E-state index contributed by atoms with van der Waals surface area (Å²) in [5.41, 5.74) is 3.84. The van der Waals surface area contributed by atoms with Crippen molar-refractivity contribution in [2.45, 2.75) is 33.7 Å². The lowest BCUT2D eigenvalue weighted by Gasteiger charge is -2.23. The molecule has 2 rings (SSSR count). The van der Waals surface area contributed by atoms with Gasteiger partial charge in [-0.2, -0.15) is 0 Å². The average molecular weight is 254 g/mol. The van der Waals surface area contributed by atoms with Crippen LogP contribution in [-0.4, -0.2) is 11.5 Å². The van der Waals surface area contributed by atoms with E-state index in [9.17, 15) is 0 Å². The third kappa shape index (κ3) is 3.82. The van der Waals surface area contributed by atoms with Crippen LogP contribution in [0, 0.1) is 13.8 Å². The molecular weight excluding hydrogens is 232 g/mol. The topological polar surface area (TPSA) is 16.1 Å². The highest BCUT2D eigenvalue weighted by Gasteiger charge is 2.07. The average Bonchev–Trinajstić information content (AvgIpc) is 2.42. The van der Waals surface area contributed by atoms with Gasteiger partial charge in [0, 0.05) is 19.3 Å². The number of nitrogens with zero attached hydrogens (tertiary/aromatic N) is 2. The Morgan fingerprint density at radius 3 is 2.21 bits per heavy atom. The van der Waals surface area contributed by atoms with Gasteiger partial charge in [0.25, 0.3) is 0 Å². The molecule has 0 spiro atoms. The van der Waals surface area contributed by atoms with Crippen molar-refractivity contribution in [3.05, 3.63) is 59.3 Å². The Morgan fingerprint density at radius 2 is 1.63 bits per heavy atom. The predicted octanol–water partition coefficient (Wildman–Crippen LogP) is 4.12. The molecule has 0 bridgehead atoms. The zero-order valence-electron chi connectivity index (χ0n) is 12.1. The van der Waals surface area contributed by atoms with Crippen molar-refractivity contribution in [2.75, 3.05) is 11.4 Å². The van der Waals surface area contributed by atoms with Crippen LogP contribution in [0.25, 0.3) is 0 Å². The van der Waals surface area contributed by atoms with E-state index in [-0.39, 0.29) is 0 Å². The molecule has 0 amide bonds. The van der Waals surface area contributed by atoms with Crippen LogP contribution in [0.4, 0.5) is 5.82 Å². The number of hydrogen-bond acceptors (Lipinski definition) is 2. The molecule has 2 aromatic rings. The molecule has 0 unspecified atom stereocenters. The third-order valence-corrected chi connectivity index (χ3v) is 3.21. The molecule has 0 saturated heterocycles. The Kier molecular flexibility index (Phi) is 4.56. The fourth-order valence-corrected chi connectivity index (χ4v) is 2.11. The van der Waals surface area contributed by atoms with Gasteiger partial charge in [0.1, 0.15) is 5.82 Å². The lowest BCUT2D eigenvalue weighted by molar-refractivity contribution is 0.754. The molecule has 2 heteroatoms. The third-order valence-electron chi connectivity index (χ3n) is 3.21. The van der Waals surface area contributed by atoms with E-state index in [1.165, 1.54) is 16.7 Å². The number of pyridine rings is 1. The molecule has 0 atom stereocenters. The largest absolute Gasteiger partial charge is 0.352 e. The Bertz CT molecular complexity index is 500. The second-order valence-corrected chi connectivity index (χ2v) is 5.10. The van der Waals surface area contributed by atoms with Gasteiger partial charge < -0.3 is 4.90 Å². The Balaban J connectivity index is 2.15. The maximum atomic E-state index is 4.54. The van der Waals surface area contributed by atoms with Gasteiger partial charge in [0.15, 0.2) is 0 Å². The predicted molar refractivity (Wildman–Crippen MR) is 81.5 cm³/mol. The molecule has 1 aromatic carbocycles.